The molecule has 0 saturated heterocycles. The third-order valence-electron chi connectivity index (χ3n) is 2.74. The zero-order valence-corrected chi connectivity index (χ0v) is 11.8. The average molecular weight is 309 g/mol. The molecular weight excluding hydrogens is 296 g/mol. The van der Waals surface area contributed by atoms with Gasteiger partial charge in [0.2, 0.25) is 5.91 Å². The van der Waals surface area contributed by atoms with Crippen molar-refractivity contribution in [2.24, 2.45) is 0 Å². The lowest BCUT2D eigenvalue weighted by molar-refractivity contribution is -0.129. The fourth-order valence-corrected chi connectivity index (χ4v) is 2.05. The normalized spacial score (nSPS) is 10.6. The SMILES string of the molecule is CN(C)C(=O)Cn1ccc2cc(Br)ccc2c1=O. The molecule has 0 unspecified atom stereocenters. The molecule has 1 amide bonds. The molecular formula is C13H13BrN2O2. The summed E-state index contributed by atoms with van der Waals surface area (Å²) in [6.07, 6.45) is 1.65. The molecule has 1 aromatic carbocycles. The summed E-state index contributed by atoms with van der Waals surface area (Å²) in [5.41, 5.74) is -0.143. The Morgan fingerprint density at radius 1 is 1.33 bits per heavy atom. The van der Waals surface area contributed by atoms with Crippen molar-refractivity contribution in [2.45, 2.75) is 6.54 Å². The van der Waals surface area contributed by atoms with Crippen LogP contribution in [0.3, 0.4) is 0 Å². The van der Waals surface area contributed by atoms with Crippen LogP contribution in [-0.2, 0) is 11.3 Å². The highest BCUT2D eigenvalue weighted by Crippen LogP contribution is 2.16. The molecule has 2 aromatic rings. The molecule has 0 aliphatic rings. The first-order chi connectivity index (χ1) is 8.49. The van der Waals surface area contributed by atoms with Gasteiger partial charge in [0.25, 0.3) is 5.56 Å². The van der Waals surface area contributed by atoms with E-state index in [1.54, 1.807) is 26.4 Å². The summed E-state index contributed by atoms with van der Waals surface area (Å²) in [7, 11) is 3.34. The second-order valence-corrected chi connectivity index (χ2v) is 5.18. The van der Waals surface area contributed by atoms with E-state index in [-0.39, 0.29) is 18.0 Å². The van der Waals surface area contributed by atoms with E-state index in [9.17, 15) is 9.59 Å². The number of nitrogens with zero attached hydrogens (tertiary/aromatic N) is 2. The van der Waals surface area contributed by atoms with Crippen molar-refractivity contribution in [3.8, 4) is 0 Å². The molecule has 0 aliphatic carbocycles. The highest BCUT2D eigenvalue weighted by Gasteiger charge is 2.08. The first kappa shape index (κ1) is 12.8. The zero-order valence-electron chi connectivity index (χ0n) is 10.2. The van der Waals surface area contributed by atoms with Crippen molar-refractivity contribution in [3.63, 3.8) is 0 Å². The number of aromatic nitrogens is 1. The highest BCUT2D eigenvalue weighted by atomic mass is 79.9. The number of hydrogen-bond donors (Lipinski definition) is 0. The third kappa shape index (κ3) is 2.46. The van der Waals surface area contributed by atoms with Gasteiger partial charge in [-0.25, -0.2) is 0 Å². The van der Waals surface area contributed by atoms with Crippen LogP contribution in [0.2, 0.25) is 0 Å². The summed E-state index contributed by atoms with van der Waals surface area (Å²) in [5.74, 6) is -0.103. The second-order valence-electron chi connectivity index (χ2n) is 4.27. The lowest BCUT2D eigenvalue weighted by Gasteiger charge is -2.12. The summed E-state index contributed by atoms with van der Waals surface area (Å²) in [4.78, 5) is 25.3. The molecule has 1 aromatic heterocycles. The predicted octanol–water partition coefficient (Wildman–Crippen LogP) is 1.85. The van der Waals surface area contributed by atoms with Gasteiger partial charge in [-0.1, -0.05) is 15.9 Å². The second kappa shape index (κ2) is 4.94. The quantitative estimate of drug-likeness (QED) is 0.850. The van der Waals surface area contributed by atoms with Crippen LogP contribution in [0, 0.1) is 0 Å². The number of amides is 1. The smallest absolute Gasteiger partial charge is 0.258 e. The molecule has 0 fully saturated rings. The Bertz CT molecular complexity index is 662. The van der Waals surface area contributed by atoms with E-state index in [1.165, 1.54) is 9.47 Å². The van der Waals surface area contributed by atoms with E-state index in [2.05, 4.69) is 15.9 Å². The van der Waals surface area contributed by atoms with Gasteiger partial charge in [-0.3, -0.25) is 9.59 Å². The molecule has 0 aliphatic heterocycles. The Kier molecular flexibility index (Phi) is 3.52. The van der Waals surface area contributed by atoms with E-state index in [4.69, 9.17) is 0 Å². The van der Waals surface area contributed by atoms with Crippen LogP contribution in [0.1, 0.15) is 0 Å². The minimum Gasteiger partial charge on any atom is -0.347 e. The van der Waals surface area contributed by atoms with Crippen LogP contribution in [0.4, 0.5) is 0 Å². The fourth-order valence-electron chi connectivity index (χ4n) is 1.67. The molecule has 0 radical (unpaired) electrons. The summed E-state index contributed by atoms with van der Waals surface area (Å²) >= 11 is 3.37. The van der Waals surface area contributed by atoms with Crippen molar-refractivity contribution in [1.29, 1.82) is 0 Å². The van der Waals surface area contributed by atoms with Gasteiger partial charge in [-0.2, -0.15) is 0 Å². The summed E-state index contributed by atoms with van der Waals surface area (Å²) < 4.78 is 2.36. The van der Waals surface area contributed by atoms with Gasteiger partial charge in [0.15, 0.2) is 0 Å². The molecule has 1 heterocycles. The first-order valence-corrected chi connectivity index (χ1v) is 6.27. The minimum absolute atomic E-state index is 0.0673. The zero-order chi connectivity index (χ0) is 13.3. The summed E-state index contributed by atoms with van der Waals surface area (Å²) in [6.45, 7) is 0.0673. The van der Waals surface area contributed by atoms with Crippen LogP contribution in [0.25, 0.3) is 10.8 Å². The van der Waals surface area contributed by atoms with Crippen molar-refractivity contribution in [2.75, 3.05) is 14.1 Å². The van der Waals surface area contributed by atoms with Gasteiger partial charge >= 0.3 is 0 Å². The lowest BCUT2D eigenvalue weighted by atomic mass is 10.2. The van der Waals surface area contributed by atoms with Gasteiger partial charge < -0.3 is 9.47 Å². The summed E-state index contributed by atoms with van der Waals surface area (Å²) in [5, 5.41) is 1.48. The number of pyridine rings is 1. The van der Waals surface area contributed by atoms with Crippen molar-refractivity contribution in [1.82, 2.24) is 9.47 Å². The highest BCUT2D eigenvalue weighted by molar-refractivity contribution is 9.10. The van der Waals surface area contributed by atoms with Crippen LogP contribution >= 0.6 is 15.9 Å². The Hall–Kier alpha value is -1.62. The number of hydrogen-bond acceptors (Lipinski definition) is 2. The maximum atomic E-state index is 12.2. The Labute approximate surface area is 113 Å². The number of halogens is 1. The van der Waals surface area contributed by atoms with Crippen LogP contribution in [-0.4, -0.2) is 29.5 Å². The number of carbonyl (C=O) groups excluding carboxylic acids is 1. The maximum absolute atomic E-state index is 12.2. The van der Waals surface area contributed by atoms with Crippen LogP contribution < -0.4 is 5.56 Å². The van der Waals surface area contributed by atoms with Gasteiger partial charge in [0.1, 0.15) is 6.54 Å². The molecule has 0 N–H and O–H groups in total. The summed E-state index contributed by atoms with van der Waals surface area (Å²) in [6, 6.07) is 7.31. The molecule has 2 rings (SSSR count). The minimum atomic E-state index is -0.143. The average Bonchev–Trinajstić information content (AvgIpc) is 2.32. The number of likely N-dealkylation sites (N-methyl/N-ethyl adjacent to an activating group) is 1. The van der Waals surface area contributed by atoms with Crippen molar-refractivity contribution < 1.29 is 4.79 Å². The molecule has 5 heteroatoms. The Morgan fingerprint density at radius 2 is 2.06 bits per heavy atom. The van der Waals surface area contributed by atoms with Crippen molar-refractivity contribution in [3.05, 3.63) is 45.3 Å². The lowest BCUT2D eigenvalue weighted by Crippen LogP contribution is -2.31. The van der Waals surface area contributed by atoms with Crippen LogP contribution in [0.5, 0.6) is 0 Å². The topological polar surface area (TPSA) is 42.3 Å². The molecule has 94 valence electrons. The number of carbonyl (C=O) groups is 1. The number of benzene rings is 1. The predicted molar refractivity (Wildman–Crippen MR) is 74.6 cm³/mol. The van der Waals surface area contributed by atoms with E-state index < -0.39 is 0 Å². The largest absolute Gasteiger partial charge is 0.347 e. The fraction of sp³-hybridized carbons (Fsp3) is 0.231. The molecule has 0 bridgehead atoms. The van der Waals surface area contributed by atoms with Gasteiger partial charge in [-0.05, 0) is 29.7 Å². The van der Waals surface area contributed by atoms with Gasteiger partial charge in [-0.15, -0.1) is 0 Å². The van der Waals surface area contributed by atoms with Crippen molar-refractivity contribution >= 4 is 32.6 Å². The van der Waals surface area contributed by atoms with Gasteiger partial charge in [0, 0.05) is 30.2 Å². The monoisotopic (exact) mass is 308 g/mol. The number of rotatable bonds is 2. The maximum Gasteiger partial charge on any atom is 0.258 e. The van der Waals surface area contributed by atoms with Crippen LogP contribution in [0.15, 0.2) is 39.7 Å². The standard InChI is InChI=1S/C13H13BrN2O2/c1-15(2)12(17)8-16-6-5-9-7-10(14)3-4-11(9)13(16)18/h3-7H,8H2,1-2H3. The van der Waals surface area contributed by atoms with E-state index in [0.717, 1.165) is 9.86 Å². The molecule has 4 nitrogen and oxygen atoms in total. The first-order valence-electron chi connectivity index (χ1n) is 5.48. The molecule has 18 heavy (non-hydrogen) atoms. The molecule has 0 atom stereocenters. The number of fused-ring (bicyclic) bond motifs is 1. The third-order valence-corrected chi connectivity index (χ3v) is 3.24. The Morgan fingerprint density at radius 3 is 2.72 bits per heavy atom. The Balaban J connectivity index is 2.49. The van der Waals surface area contributed by atoms with E-state index in [0.29, 0.717) is 5.39 Å². The van der Waals surface area contributed by atoms with E-state index in [1.807, 2.05) is 18.2 Å². The molecule has 0 saturated carbocycles. The van der Waals surface area contributed by atoms with E-state index >= 15 is 0 Å². The molecule has 0 spiro atoms. The van der Waals surface area contributed by atoms with Gasteiger partial charge in [0.05, 0.1) is 0 Å².